The molecule has 5 nitrogen and oxygen atoms in total. The van der Waals surface area contributed by atoms with Crippen LogP contribution in [0.4, 0.5) is 5.82 Å². The third-order valence-corrected chi connectivity index (χ3v) is 3.46. The Bertz CT molecular complexity index is 535. The third-order valence-electron chi connectivity index (χ3n) is 2.55. The molecular formula is C12H14N4OS. The SMILES string of the molecule is CNc1ccc(C(=O)NCc2cscc2C)nn1. The van der Waals surface area contributed by atoms with Gasteiger partial charge in [-0.25, -0.2) is 0 Å². The summed E-state index contributed by atoms with van der Waals surface area (Å²) in [5, 5.41) is 17.5. The number of aryl methyl sites for hydroxylation is 1. The van der Waals surface area contributed by atoms with Gasteiger partial charge in [-0.15, -0.1) is 10.2 Å². The van der Waals surface area contributed by atoms with E-state index in [2.05, 4.69) is 26.2 Å². The van der Waals surface area contributed by atoms with Crippen LogP contribution in [0.2, 0.25) is 0 Å². The Morgan fingerprint density at radius 3 is 2.72 bits per heavy atom. The molecule has 1 amide bonds. The number of hydrogen-bond acceptors (Lipinski definition) is 5. The molecule has 0 aliphatic heterocycles. The van der Waals surface area contributed by atoms with Gasteiger partial charge in [0, 0.05) is 13.6 Å². The van der Waals surface area contributed by atoms with E-state index in [1.807, 2.05) is 12.3 Å². The lowest BCUT2D eigenvalue weighted by Gasteiger charge is -2.04. The van der Waals surface area contributed by atoms with Crippen LogP contribution in [0.5, 0.6) is 0 Å². The molecule has 0 saturated carbocycles. The highest BCUT2D eigenvalue weighted by Gasteiger charge is 2.08. The summed E-state index contributed by atoms with van der Waals surface area (Å²) in [5.41, 5.74) is 2.65. The smallest absolute Gasteiger partial charge is 0.272 e. The number of nitrogens with one attached hydrogen (secondary N) is 2. The van der Waals surface area contributed by atoms with Gasteiger partial charge in [0.15, 0.2) is 5.69 Å². The first-order valence-corrected chi connectivity index (χ1v) is 6.46. The van der Waals surface area contributed by atoms with E-state index in [0.717, 1.165) is 5.56 Å². The average molecular weight is 262 g/mol. The maximum absolute atomic E-state index is 11.8. The predicted octanol–water partition coefficient (Wildman–Crippen LogP) is 1.82. The van der Waals surface area contributed by atoms with E-state index in [9.17, 15) is 4.79 Å². The van der Waals surface area contributed by atoms with Crippen LogP contribution in [-0.2, 0) is 6.54 Å². The van der Waals surface area contributed by atoms with E-state index in [4.69, 9.17) is 0 Å². The minimum absolute atomic E-state index is 0.212. The summed E-state index contributed by atoms with van der Waals surface area (Å²) >= 11 is 1.63. The fraction of sp³-hybridized carbons (Fsp3) is 0.250. The van der Waals surface area contributed by atoms with Gasteiger partial charge >= 0.3 is 0 Å². The predicted molar refractivity (Wildman–Crippen MR) is 71.8 cm³/mol. The molecular weight excluding hydrogens is 248 g/mol. The summed E-state index contributed by atoms with van der Waals surface area (Å²) in [6.07, 6.45) is 0. The maximum Gasteiger partial charge on any atom is 0.272 e. The highest BCUT2D eigenvalue weighted by atomic mass is 32.1. The molecule has 0 fully saturated rings. The van der Waals surface area contributed by atoms with Gasteiger partial charge in [0.05, 0.1) is 0 Å². The molecule has 2 aromatic rings. The Kier molecular flexibility index (Phi) is 3.88. The summed E-state index contributed by atoms with van der Waals surface area (Å²) in [6.45, 7) is 2.54. The standard InChI is InChI=1S/C12H14N4OS/c1-8-6-18-7-9(8)5-14-12(17)10-3-4-11(13-2)16-15-10/h3-4,6-7H,5H2,1-2H3,(H,13,16)(H,14,17). The van der Waals surface area contributed by atoms with Crippen LogP contribution in [-0.4, -0.2) is 23.2 Å². The Morgan fingerprint density at radius 1 is 1.33 bits per heavy atom. The normalized spacial score (nSPS) is 10.1. The minimum Gasteiger partial charge on any atom is -0.372 e. The van der Waals surface area contributed by atoms with Crippen LogP contribution in [0.1, 0.15) is 21.6 Å². The van der Waals surface area contributed by atoms with E-state index in [1.54, 1.807) is 30.5 Å². The van der Waals surface area contributed by atoms with Crippen LogP contribution in [0.3, 0.4) is 0 Å². The molecule has 0 spiro atoms. The molecule has 94 valence electrons. The molecule has 18 heavy (non-hydrogen) atoms. The zero-order valence-electron chi connectivity index (χ0n) is 10.2. The van der Waals surface area contributed by atoms with Crippen molar-refractivity contribution >= 4 is 23.1 Å². The summed E-state index contributed by atoms with van der Waals surface area (Å²) in [5.74, 6) is 0.427. The van der Waals surface area contributed by atoms with Crippen LogP contribution in [0.25, 0.3) is 0 Å². The van der Waals surface area contributed by atoms with E-state index in [0.29, 0.717) is 18.1 Å². The van der Waals surface area contributed by atoms with Crippen LogP contribution >= 0.6 is 11.3 Å². The second kappa shape index (κ2) is 5.59. The molecule has 0 aromatic carbocycles. The van der Waals surface area contributed by atoms with Gasteiger partial charge in [0.2, 0.25) is 0 Å². The monoisotopic (exact) mass is 262 g/mol. The number of hydrogen-bond donors (Lipinski definition) is 2. The van der Waals surface area contributed by atoms with Crippen molar-refractivity contribution in [3.8, 4) is 0 Å². The van der Waals surface area contributed by atoms with Crippen molar-refractivity contribution in [2.24, 2.45) is 0 Å². The molecule has 0 radical (unpaired) electrons. The highest BCUT2D eigenvalue weighted by Crippen LogP contribution is 2.13. The molecule has 2 rings (SSSR count). The quantitative estimate of drug-likeness (QED) is 0.882. The summed E-state index contributed by atoms with van der Waals surface area (Å²) in [6, 6.07) is 3.37. The van der Waals surface area contributed by atoms with Crippen molar-refractivity contribution in [2.75, 3.05) is 12.4 Å². The molecule has 0 aliphatic rings. The summed E-state index contributed by atoms with van der Waals surface area (Å²) in [4.78, 5) is 11.8. The molecule has 0 bridgehead atoms. The Morgan fingerprint density at radius 2 is 2.17 bits per heavy atom. The number of carbonyl (C=O) groups is 1. The molecule has 2 N–H and O–H groups in total. The van der Waals surface area contributed by atoms with Gasteiger partial charge in [-0.3, -0.25) is 4.79 Å². The number of aromatic nitrogens is 2. The molecule has 6 heteroatoms. The van der Waals surface area contributed by atoms with Gasteiger partial charge in [0.1, 0.15) is 5.82 Å². The molecule has 0 unspecified atom stereocenters. The Labute approximate surface area is 109 Å². The van der Waals surface area contributed by atoms with Crippen molar-refractivity contribution in [1.82, 2.24) is 15.5 Å². The van der Waals surface area contributed by atoms with E-state index in [-0.39, 0.29) is 5.91 Å². The number of amides is 1. The van der Waals surface area contributed by atoms with Gasteiger partial charge in [0.25, 0.3) is 5.91 Å². The number of anilines is 1. The first-order chi connectivity index (χ1) is 8.70. The lowest BCUT2D eigenvalue weighted by atomic mass is 10.2. The Hall–Kier alpha value is -1.95. The zero-order valence-corrected chi connectivity index (χ0v) is 11.0. The lowest BCUT2D eigenvalue weighted by Crippen LogP contribution is -2.24. The second-order valence-corrected chi connectivity index (χ2v) is 4.56. The first kappa shape index (κ1) is 12.5. The maximum atomic E-state index is 11.8. The summed E-state index contributed by atoms with van der Waals surface area (Å²) in [7, 11) is 1.75. The van der Waals surface area contributed by atoms with Gasteiger partial charge in [-0.05, 0) is 40.9 Å². The summed E-state index contributed by atoms with van der Waals surface area (Å²) < 4.78 is 0. The number of rotatable bonds is 4. The lowest BCUT2D eigenvalue weighted by molar-refractivity contribution is 0.0945. The minimum atomic E-state index is -0.212. The van der Waals surface area contributed by atoms with E-state index < -0.39 is 0 Å². The van der Waals surface area contributed by atoms with Crippen LogP contribution in [0.15, 0.2) is 22.9 Å². The second-order valence-electron chi connectivity index (χ2n) is 3.82. The van der Waals surface area contributed by atoms with Gasteiger partial charge < -0.3 is 10.6 Å². The topological polar surface area (TPSA) is 66.9 Å². The average Bonchev–Trinajstić information content (AvgIpc) is 2.81. The van der Waals surface area contributed by atoms with Crippen molar-refractivity contribution < 1.29 is 4.79 Å². The molecule has 2 heterocycles. The highest BCUT2D eigenvalue weighted by molar-refractivity contribution is 7.08. The largest absolute Gasteiger partial charge is 0.372 e. The Balaban J connectivity index is 1.97. The molecule has 0 atom stereocenters. The third kappa shape index (κ3) is 2.84. The molecule has 0 saturated heterocycles. The number of nitrogens with zero attached hydrogens (tertiary/aromatic N) is 2. The van der Waals surface area contributed by atoms with Gasteiger partial charge in [-0.1, -0.05) is 0 Å². The fourth-order valence-corrected chi connectivity index (χ4v) is 2.28. The zero-order chi connectivity index (χ0) is 13.0. The first-order valence-electron chi connectivity index (χ1n) is 5.52. The van der Waals surface area contributed by atoms with Crippen molar-refractivity contribution in [1.29, 1.82) is 0 Å². The van der Waals surface area contributed by atoms with Crippen molar-refractivity contribution in [3.63, 3.8) is 0 Å². The van der Waals surface area contributed by atoms with Crippen LogP contribution in [0, 0.1) is 6.92 Å². The van der Waals surface area contributed by atoms with Gasteiger partial charge in [-0.2, -0.15) is 11.3 Å². The van der Waals surface area contributed by atoms with Crippen molar-refractivity contribution in [2.45, 2.75) is 13.5 Å². The van der Waals surface area contributed by atoms with E-state index in [1.165, 1.54) is 5.56 Å². The van der Waals surface area contributed by atoms with Crippen LogP contribution < -0.4 is 10.6 Å². The molecule has 0 aliphatic carbocycles. The van der Waals surface area contributed by atoms with Crippen molar-refractivity contribution in [3.05, 3.63) is 39.7 Å². The molecule has 2 aromatic heterocycles. The number of carbonyl (C=O) groups excluding carboxylic acids is 1. The fourth-order valence-electron chi connectivity index (χ4n) is 1.42. The van der Waals surface area contributed by atoms with E-state index >= 15 is 0 Å². The number of thiophene rings is 1.